The van der Waals surface area contributed by atoms with Crippen LogP contribution in [0.3, 0.4) is 0 Å². The van der Waals surface area contributed by atoms with Gasteiger partial charge in [-0.3, -0.25) is 14.5 Å². The monoisotopic (exact) mass is 521 g/mol. The van der Waals surface area contributed by atoms with E-state index in [0.29, 0.717) is 12.3 Å². The van der Waals surface area contributed by atoms with E-state index in [9.17, 15) is 4.39 Å². The van der Waals surface area contributed by atoms with Crippen LogP contribution >= 0.6 is 11.6 Å². The number of benzene rings is 3. The number of halogens is 2. The van der Waals surface area contributed by atoms with E-state index in [1.807, 2.05) is 35.0 Å². The van der Waals surface area contributed by atoms with Gasteiger partial charge >= 0.3 is 0 Å². The molecule has 0 spiro atoms. The Hall–Kier alpha value is -2.97. The molecule has 1 aliphatic heterocycles. The first-order chi connectivity index (χ1) is 18.1. The Morgan fingerprint density at radius 1 is 0.919 bits per heavy atom. The van der Waals surface area contributed by atoms with Crippen molar-refractivity contribution in [1.82, 2.24) is 19.6 Å². The predicted octanol–water partition coefficient (Wildman–Crippen LogP) is 5.33. The van der Waals surface area contributed by atoms with Gasteiger partial charge in [-0.15, -0.1) is 0 Å². The number of rotatable bonds is 10. The zero-order valence-corrected chi connectivity index (χ0v) is 21.7. The van der Waals surface area contributed by atoms with Crippen LogP contribution in [0.2, 0.25) is 5.02 Å². The zero-order chi connectivity index (χ0) is 25.6. The molecule has 6 nitrogen and oxygen atoms in total. The molecule has 1 fully saturated rings. The van der Waals surface area contributed by atoms with Gasteiger partial charge in [-0.25, -0.2) is 4.39 Å². The zero-order valence-electron chi connectivity index (χ0n) is 21.0. The van der Waals surface area contributed by atoms with E-state index in [2.05, 4.69) is 34.1 Å². The molecule has 0 radical (unpaired) electrons. The molecule has 5 rings (SSSR count). The number of aromatic nitrogens is 2. The lowest BCUT2D eigenvalue weighted by Crippen LogP contribution is -2.45. The molecule has 0 amide bonds. The molecule has 8 heteroatoms. The highest BCUT2D eigenvalue weighted by Crippen LogP contribution is 2.31. The third kappa shape index (κ3) is 6.13. The average molecular weight is 522 g/mol. The van der Waals surface area contributed by atoms with Gasteiger partial charge in [0.2, 0.25) is 6.86 Å². The fourth-order valence-corrected chi connectivity index (χ4v) is 5.15. The molecule has 1 saturated heterocycles. The fraction of sp³-hybridized carbons (Fsp3) is 0.345. The maximum atomic E-state index is 12.5. The molecule has 2 N–H and O–H groups in total. The summed E-state index contributed by atoms with van der Waals surface area (Å²) >= 11 is 6.36. The first kappa shape index (κ1) is 25.7. The molecule has 4 aromatic rings. The second kappa shape index (κ2) is 12.0. The molecular formula is C29H33ClFN5O. The van der Waals surface area contributed by atoms with Crippen molar-refractivity contribution in [2.24, 2.45) is 5.73 Å². The van der Waals surface area contributed by atoms with E-state index in [-0.39, 0.29) is 0 Å². The minimum atomic E-state index is -0.840. The van der Waals surface area contributed by atoms with Crippen molar-refractivity contribution < 1.29 is 9.13 Å². The normalized spacial score (nSPS) is 14.9. The maximum Gasteiger partial charge on any atom is 0.228 e. The highest BCUT2D eigenvalue weighted by molar-refractivity contribution is 6.31. The number of nitrogens with two attached hydrogens (primary N) is 1. The number of ether oxygens (including phenoxy) is 1. The molecular weight excluding hydrogens is 489 g/mol. The maximum absolute atomic E-state index is 12.5. The van der Waals surface area contributed by atoms with Gasteiger partial charge in [-0.05, 0) is 66.6 Å². The summed E-state index contributed by atoms with van der Waals surface area (Å²) in [5, 5.41) is 6.89. The van der Waals surface area contributed by atoms with Crippen LogP contribution in [0, 0.1) is 0 Å². The van der Waals surface area contributed by atoms with Crippen LogP contribution in [-0.4, -0.2) is 59.2 Å². The Labute approximate surface area is 222 Å². The second-order valence-electron chi connectivity index (χ2n) is 9.49. The van der Waals surface area contributed by atoms with E-state index in [1.54, 1.807) is 12.1 Å². The summed E-state index contributed by atoms with van der Waals surface area (Å²) in [5.41, 5.74) is 11.2. The van der Waals surface area contributed by atoms with Crippen LogP contribution in [0.15, 0.2) is 66.7 Å². The number of hydrogen-bond acceptors (Lipinski definition) is 5. The van der Waals surface area contributed by atoms with E-state index >= 15 is 0 Å². The Morgan fingerprint density at radius 3 is 2.35 bits per heavy atom. The highest BCUT2D eigenvalue weighted by atomic mass is 35.5. The molecule has 194 valence electrons. The van der Waals surface area contributed by atoms with Gasteiger partial charge in [0.25, 0.3) is 0 Å². The summed E-state index contributed by atoms with van der Waals surface area (Å²) in [6.07, 6.45) is 0.861. The lowest BCUT2D eigenvalue weighted by atomic mass is 10.0. The summed E-state index contributed by atoms with van der Waals surface area (Å²) in [6, 6.07) is 22.2. The van der Waals surface area contributed by atoms with Gasteiger partial charge < -0.3 is 10.5 Å². The molecule has 0 bridgehead atoms. The van der Waals surface area contributed by atoms with Crippen molar-refractivity contribution in [3.63, 3.8) is 0 Å². The van der Waals surface area contributed by atoms with Gasteiger partial charge in [-0.2, -0.15) is 5.10 Å². The smallest absolute Gasteiger partial charge is 0.228 e. The van der Waals surface area contributed by atoms with Crippen LogP contribution < -0.4 is 10.5 Å². The standard InChI is InChI=1S/C29H33ClFN5O/c30-27-5-2-1-4-24(27)20-35-16-14-34(15-17-35)19-22-6-11-28-26(18-22)29(33-36(28)13-3-12-32)23-7-9-25(10-8-23)37-21-31/h1-2,4-11,18H,3,12-17,19-21,32H2. The topological polar surface area (TPSA) is 59.6 Å². The fourth-order valence-electron chi connectivity index (χ4n) is 4.95. The first-order valence-electron chi connectivity index (χ1n) is 12.8. The van der Waals surface area contributed by atoms with Gasteiger partial charge in [0, 0.05) is 61.8 Å². The van der Waals surface area contributed by atoms with Crippen LogP contribution in [0.25, 0.3) is 22.2 Å². The molecule has 1 aromatic heterocycles. The third-order valence-electron chi connectivity index (χ3n) is 6.96. The van der Waals surface area contributed by atoms with Gasteiger partial charge in [0.15, 0.2) is 0 Å². The molecule has 2 heterocycles. The van der Waals surface area contributed by atoms with E-state index in [0.717, 1.165) is 79.4 Å². The van der Waals surface area contributed by atoms with Crippen molar-refractivity contribution in [1.29, 1.82) is 0 Å². The third-order valence-corrected chi connectivity index (χ3v) is 7.33. The first-order valence-corrected chi connectivity index (χ1v) is 13.2. The summed E-state index contributed by atoms with van der Waals surface area (Å²) < 4.78 is 19.6. The number of piperazine rings is 1. The van der Waals surface area contributed by atoms with Crippen LogP contribution in [0.5, 0.6) is 5.75 Å². The number of nitrogens with zero attached hydrogens (tertiary/aromatic N) is 4. The van der Waals surface area contributed by atoms with Crippen molar-refractivity contribution in [2.75, 3.05) is 39.6 Å². The quantitative estimate of drug-likeness (QED) is 0.306. The number of fused-ring (bicyclic) bond motifs is 1. The van der Waals surface area contributed by atoms with Gasteiger partial charge in [-0.1, -0.05) is 35.9 Å². The molecule has 0 saturated carbocycles. The van der Waals surface area contributed by atoms with E-state index in [1.165, 1.54) is 11.1 Å². The second-order valence-corrected chi connectivity index (χ2v) is 9.89. The van der Waals surface area contributed by atoms with Crippen LogP contribution in [0.1, 0.15) is 17.5 Å². The Bertz CT molecular complexity index is 1320. The van der Waals surface area contributed by atoms with Crippen molar-refractivity contribution >= 4 is 22.5 Å². The van der Waals surface area contributed by atoms with Gasteiger partial charge in [0.1, 0.15) is 11.4 Å². The lowest BCUT2D eigenvalue weighted by molar-refractivity contribution is 0.122. The number of hydrogen-bond donors (Lipinski definition) is 1. The largest absolute Gasteiger partial charge is 0.463 e. The molecule has 0 aliphatic carbocycles. The summed E-state index contributed by atoms with van der Waals surface area (Å²) in [4.78, 5) is 4.97. The van der Waals surface area contributed by atoms with Crippen molar-refractivity contribution in [2.45, 2.75) is 26.1 Å². The lowest BCUT2D eigenvalue weighted by Gasteiger charge is -2.35. The Kier molecular flexibility index (Phi) is 8.36. The van der Waals surface area contributed by atoms with E-state index in [4.69, 9.17) is 27.2 Å². The molecule has 0 atom stereocenters. The Morgan fingerprint density at radius 2 is 1.65 bits per heavy atom. The van der Waals surface area contributed by atoms with Crippen molar-refractivity contribution in [3.8, 4) is 17.0 Å². The number of aryl methyl sites for hydroxylation is 1. The molecule has 37 heavy (non-hydrogen) atoms. The highest BCUT2D eigenvalue weighted by Gasteiger charge is 2.19. The SMILES string of the molecule is NCCCn1nc(-c2ccc(OCF)cc2)c2cc(CN3CCN(Cc4ccccc4Cl)CC3)ccc21. The van der Waals surface area contributed by atoms with Crippen molar-refractivity contribution in [3.05, 3.63) is 82.9 Å². The predicted molar refractivity (Wildman–Crippen MR) is 147 cm³/mol. The van der Waals surface area contributed by atoms with E-state index < -0.39 is 6.86 Å². The summed E-state index contributed by atoms with van der Waals surface area (Å²) in [5.74, 6) is 0.507. The Balaban J connectivity index is 1.31. The minimum Gasteiger partial charge on any atom is -0.463 e. The van der Waals surface area contributed by atoms with Crippen LogP contribution in [-0.2, 0) is 19.6 Å². The minimum absolute atomic E-state index is 0.507. The van der Waals surface area contributed by atoms with Crippen LogP contribution in [0.4, 0.5) is 4.39 Å². The molecule has 1 aliphatic rings. The summed E-state index contributed by atoms with van der Waals surface area (Å²) in [7, 11) is 0. The number of alkyl halides is 1. The van der Waals surface area contributed by atoms with Gasteiger partial charge in [0.05, 0.1) is 5.52 Å². The average Bonchev–Trinajstić information content (AvgIpc) is 3.28. The summed E-state index contributed by atoms with van der Waals surface area (Å²) in [6.45, 7) is 6.39. The molecule has 0 unspecified atom stereocenters. The molecule has 3 aromatic carbocycles.